The van der Waals surface area contributed by atoms with Crippen LogP contribution in [0.25, 0.3) is 0 Å². The van der Waals surface area contributed by atoms with Gasteiger partial charge in [-0.05, 0) is 41.5 Å². The zero-order valence-corrected chi connectivity index (χ0v) is 11.4. The Bertz CT molecular complexity index is 720. The SMILES string of the molecule is O=C1C=C[C@H]2c3ccccc3[C@@H]1N2c1ccc(Cl)cc1. The lowest BCUT2D eigenvalue weighted by atomic mass is 10.0. The molecule has 2 aliphatic heterocycles. The van der Waals surface area contributed by atoms with Crippen LogP contribution < -0.4 is 4.90 Å². The summed E-state index contributed by atoms with van der Waals surface area (Å²) in [7, 11) is 0. The Hall–Kier alpha value is -2.06. The highest BCUT2D eigenvalue weighted by Crippen LogP contribution is 2.48. The van der Waals surface area contributed by atoms with Gasteiger partial charge in [-0.1, -0.05) is 41.9 Å². The maximum atomic E-state index is 12.3. The van der Waals surface area contributed by atoms with Crippen molar-refractivity contribution in [3.05, 3.63) is 76.8 Å². The van der Waals surface area contributed by atoms with Gasteiger partial charge in [0, 0.05) is 10.7 Å². The fourth-order valence-corrected chi connectivity index (χ4v) is 3.30. The molecule has 4 rings (SSSR count). The molecule has 2 nitrogen and oxygen atoms in total. The van der Waals surface area contributed by atoms with Gasteiger partial charge < -0.3 is 4.90 Å². The third-order valence-corrected chi connectivity index (χ3v) is 4.28. The fraction of sp³-hybridized carbons (Fsp3) is 0.118. The second-order valence-corrected chi connectivity index (χ2v) is 5.56. The van der Waals surface area contributed by atoms with Gasteiger partial charge >= 0.3 is 0 Å². The Morgan fingerprint density at radius 1 is 0.950 bits per heavy atom. The van der Waals surface area contributed by atoms with Crippen LogP contribution in [0.15, 0.2) is 60.7 Å². The molecule has 98 valence electrons. The van der Waals surface area contributed by atoms with Crippen LogP contribution in [0.1, 0.15) is 23.2 Å². The van der Waals surface area contributed by atoms with Crippen molar-refractivity contribution in [3.8, 4) is 0 Å². The number of carbonyl (C=O) groups excluding carboxylic acids is 1. The Balaban J connectivity index is 1.89. The van der Waals surface area contributed by atoms with E-state index in [9.17, 15) is 4.79 Å². The summed E-state index contributed by atoms with van der Waals surface area (Å²) < 4.78 is 0. The first-order chi connectivity index (χ1) is 9.75. The lowest BCUT2D eigenvalue weighted by molar-refractivity contribution is -0.116. The lowest BCUT2D eigenvalue weighted by Gasteiger charge is -2.33. The fourth-order valence-electron chi connectivity index (χ4n) is 3.18. The molecule has 0 spiro atoms. The van der Waals surface area contributed by atoms with E-state index in [1.165, 1.54) is 5.56 Å². The van der Waals surface area contributed by atoms with Crippen molar-refractivity contribution in [1.29, 1.82) is 0 Å². The van der Waals surface area contributed by atoms with E-state index >= 15 is 0 Å². The topological polar surface area (TPSA) is 20.3 Å². The van der Waals surface area contributed by atoms with Crippen LogP contribution >= 0.6 is 11.6 Å². The number of anilines is 1. The number of carbonyl (C=O) groups is 1. The summed E-state index contributed by atoms with van der Waals surface area (Å²) in [5, 5.41) is 0.706. The Kier molecular flexibility index (Phi) is 2.48. The Morgan fingerprint density at radius 3 is 2.40 bits per heavy atom. The van der Waals surface area contributed by atoms with Gasteiger partial charge in [0.05, 0.1) is 6.04 Å². The highest BCUT2D eigenvalue weighted by Gasteiger charge is 2.42. The predicted molar refractivity (Wildman–Crippen MR) is 80.0 cm³/mol. The predicted octanol–water partition coefficient (Wildman–Crippen LogP) is 4.08. The molecule has 2 aromatic rings. The molecule has 20 heavy (non-hydrogen) atoms. The first-order valence-corrected chi connectivity index (χ1v) is 6.98. The summed E-state index contributed by atoms with van der Waals surface area (Å²) in [6, 6.07) is 15.8. The second kappa shape index (κ2) is 4.22. The molecule has 3 heteroatoms. The number of ketones is 1. The van der Waals surface area contributed by atoms with Crippen molar-refractivity contribution < 1.29 is 4.79 Å². The van der Waals surface area contributed by atoms with E-state index < -0.39 is 0 Å². The maximum absolute atomic E-state index is 12.3. The minimum atomic E-state index is -0.206. The summed E-state index contributed by atoms with van der Waals surface area (Å²) in [4.78, 5) is 14.5. The zero-order valence-electron chi connectivity index (χ0n) is 10.7. The van der Waals surface area contributed by atoms with Crippen molar-refractivity contribution in [3.63, 3.8) is 0 Å². The van der Waals surface area contributed by atoms with Crippen LogP contribution in [0, 0.1) is 0 Å². The Morgan fingerprint density at radius 2 is 1.65 bits per heavy atom. The molecular weight excluding hydrogens is 270 g/mol. The minimum absolute atomic E-state index is 0.134. The quantitative estimate of drug-likeness (QED) is 0.785. The number of benzene rings is 2. The molecule has 2 aliphatic rings. The molecule has 2 heterocycles. The van der Waals surface area contributed by atoms with E-state index in [2.05, 4.69) is 11.0 Å². The van der Waals surface area contributed by atoms with E-state index in [0.717, 1.165) is 11.3 Å². The lowest BCUT2D eigenvalue weighted by Crippen LogP contribution is -2.32. The standard InChI is InChI=1S/C17H12ClNO/c18-11-5-7-12(8-6-11)19-15-9-10-16(20)17(19)14-4-2-1-3-13(14)15/h1-10,15,17H/t15-,17-/m0/s1. The molecule has 0 aromatic heterocycles. The van der Waals surface area contributed by atoms with Crippen molar-refractivity contribution in [2.75, 3.05) is 4.90 Å². The smallest absolute Gasteiger partial charge is 0.182 e. The van der Waals surface area contributed by atoms with E-state index in [1.54, 1.807) is 6.08 Å². The van der Waals surface area contributed by atoms with Crippen molar-refractivity contribution in [2.45, 2.75) is 12.1 Å². The number of nitrogens with zero attached hydrogens (tertiary/aromatic N) is 1. The van der Waals surface area contributed by atoms with Gasteiger partial charge in [-0.15, -0.1) is 0 Å². The molecule has 0 saturated carbocycles. The number of hydrogen-bond donors (Lipinski definition) is 0. The third kappa shape index (κ3) is 1.55. The highest BCUT2D eigenvalue weighted by atomic mass is 35.5. The third-order valence-electron chi connectivity index (χ3n) is 4.02. The maximum Gasteiger partial charge on any atom is 0.182 e. The van der Waals surface area contributed by atoms with Gasteiger partial charge in [-0.3, -0.25) is 4.79 Å². The zero-order chi connectivity index (χ0) is 13.7. The first-order valence-electron chi connectivity index (χ1n) is 6.60. The summed E-state index contributed by atoms with van der Waals surface area (Å²) in [5.74, 6) is 0.140. The number of hydrogen-bond acceptors (Lipinski definition) is 2. The Labute approximate surface area is 122 Å². The number of halogens is 1. The van der Waals surface area contributed by atoms with Gasteiger partial charge in [-0.25, -0.2) is 0 Å². The molecule has 0 unspecified atom stereocenters. The monoisotopic (exact) mass is 281 g/mol. The van der Waals surface area contributed by atoms with E-state index in [1.807, 2.05) is 48.5 Å². The molecule has 0 aliphatic carbocycles. The molecule has 0 fully saturated rings. The summed E-state index contributed by atoms with van der Waals surface area (Å²) in [6.07, 6.45) is 3.70. The van der Waals surface area contributed by atoms with Crippen LogP contribution in [-0.4, -0.2) is 5.78 Å². The van der Waals surface area contributed by atoms with Crippen LogP contribution in [0.3, 0.4) is 0 Å². The normalized spacial score (nSPS) is 23.1. The van der Waals surface area contributed by atoms with Crippen LogP contribution in [0.4, 0.5) is 5.69 Å². The highest BCUT2D eigenvalue weighted by molar-refractivity contribution is 6.30. The molecule has 0 radical (unpaired) electrons. The van der Waals surface area contributed by atoms with Crippen molar-refractivity contribution >= 4 is 23.1 Å². The summed E-state index contributed by atoms with van der Waals surface area (Å²) >= 11 is 5.96. The van der Waals surface area contributed by atoms with Gasteiger partial charge in [-0.2, -0.15) is 0 Å². The molecular formula is C17H12ClNO. The molecule has 0 saturated heterocycles. The van der Waals surface area contributed by atoms with Gasteiger partial charge in [0.15, 0.2) is 5.78 Å². The van der Waals surface area contributed by atoms with Gasteiger partial charge in [0.2, 0.25) is 0 Å². The average Bonchev–Trinajstić information content (AvgIpc) is 2.73. The second-order valence-electron chi connectivity index (χ2n) is 5.12. The molecule has 2 aromatic carbocycles. The molecule has 0 amide bonds. The number of fused-ring (bicyclic) bond motifs is 5. The first kappa shape index (κ1) is 11.7. The summed E-state index contributed by atoms with van der Waals surface area (Å²) in [6.45, 7) is 0. The largest absolute Gasteiger partial charge is 0.346 e. The molecule has 2 atom stereocenters. The molecule has 0 N–H and O–H groups in total. The molecule has 2 bridgehead atoms. The van der Waals surface area contributed by atoms with Crippen molar-refractivity contribution in [2.24, 2.45) is 0 Å². The van der Waals surface area contributed by atoms with E-state index in [-0.39, 0.29) is 17.9 Å². The van der Waals surface area contributed by atoms with Crippen molar-refractivity contribution in [1.82, 2.24) is 0 Å². The minimum Gasteiger partial charge on any atom is -0.346 e. The van der Waals surface area contributed by atoms with Gasteiger partial charge in [0.25, 0.3) is 0 Å². The van der Waals surface area contributed by atoms with E-state index in [4.69, 9.17) is 11.6 Å². The van der Waals surface area contributed by atoms with Crippen LogP contribution in [0.2, 0.25) is 5.02 Å². The average molecular weight is 282 g/mol. The summed E-state index contributed by atoms with van der Waals surface area (Å²) in [5.41, 5.74) is 3.36. The number of rotatable bonds is 1. The van der Waals surface area contributed by atoms with Crippen LogP contribution in [0.5, 0.6) is 0 Å². The van der Waals surface area contributed by atoms with Crippen LogP contribution in [-0.2, 0) is 4.79 Å². The van der Waals surface area contributed by atoms with E-state index in [0.29, 0.717) is 5.02 Å². The van der Waals surface area contributed by atoms with Gasteiger partial charge in [0.1, 0.15) is 6.04 Å².